The molecule has 2 aromatic heterocycles. The number of hydrogen-bond acceptors (Lipinski definition) is 6. The third-order valence-corrected chi connectivity index (χ3v) is 4.64. The summed E-state index contributed by atoms with van der Waals surface area (Å²) in [5.41, 5.74) is 0.982. The normalized spacial score (nSPS) is 26.2. The highest BCUT2D eigenvalue weighted by Crippen LogP contribution is 2.29. The van der Waals surface area contributed by atoms with E-state index in [0.717, 1.165) is 12.8 Å². The Hall–Kier alpha value is -2.28. The summed E-state index contributed by atoms with van der Waals surface area (Å²) in [6, 6.07) is 4.62. The van der Waals surface area contributed by atoms with E-state index in [1.54, 1.807) is 19.3 Å². The lowest BCUT2D eigenvalue weighted by atomic mass is 10.0. The maximum Gasteiger partial charge on any atom is 0.299 e. The zero-order valence-electron chi connectivity index (χ0n) is 13.0. The molecule has 2 atom stereocenters. The van der Waals surface area contributed by atoms with E-state index in [0.29, 0.717) is 29.5 Å². The van der Waals surface area contributed by atoms with Gasteiger partial charge in [-0.1, -0.05) is 0 Å². The quantitative estimate of drug-likeness (QED) is 0.906. The number of nitrogens with zero attached hydrogens (tertiary/aromatic N) is 4. The number of aromatic nitrogens is 4. The molecular formula is C16H19N5O2. The molecule has 2 unspecified atom stereocenters. The zero-order valence-corrected chi connectivity index (χ0v) is 13.0. The summed E-state index contributed by atoms with van der Waals surface area (Å²) in [7, 11) is 1.68. The highest BCUT2D eigenvalue weighted by atomic mass is 16.5. The smallest absolute Gasteiger partial charge is 0.299 e. The van der Waals surface area contributed by atoms with Crippen LogP contribution in [0.15, 0.2) is 29.5 Å². The van der Waals surface area contributed by atoms with Crippen LogP contribution >= 0.6 is 0 Å². The topological polar surface area (TPSA) is 81.9 Å². The van der Waals surface area contributed by atoms with Gasteiger partial charge in [0.1, 0.15) is 12.4 Å². The van der Waals surface area contributed by atoms with Crippen LogP contribution in [0.2, 0.25) is 0 Å². The Balaban J connectivity index is 1.63. The molecule has 0 aliphatic carbocycles. The van der Waals surface area contributed by atoms with Crippen LogP contribution in [-0.4, -0.2) is 37.7 Å². The van der Waals surface area contributed by atoms with E-state index in [1.807, 2.05) is 0 Å². The molecule has 2 aliphatic rings. The predicted molar refractivity (Wildman–Crippen MR) is 84.1 cm³/mol. The molecule has 2 aliphatic heterocycles. The fourth-order valence-electron chi connectivity index (χ4n) is 3.45. The molecule has 2 fully saturated rings. The lowest BCUT2D eigenvalue weighted by Crippen LogP contribution is -2.43. The lowest BCUT2D eigenvalue weighted by Gasteiger charge is -2.29. The third kappa shape index (κ3) is 2.84. The first-order valence-electron chi connectivity index (χ1n) is 7.96. The van der Waals surface area contributed by atoms with Crippen LogP contribution in [0, 0.1) is 0 Å². The Bertz CT molecular complexity index is 749. The van der Waals surface area contributed by atoms with E-state index in [2.05, 4.69) is 20.3 Å². The molecule has 0 saturated carbocycles. The van der Waals surface area contributed by atoms with Gasteiger partial charge in [-0.3, -0.25) is 9.36 Å². The highest BCUT2D eigenvalue weighted by molar-refractivity contribution is 5.52. The molecule has 7 nitrogen and oxygen atoms in total. The molecule has 23 heavy (non-hydrogen) atoms. The van der Waals surface area contributed by atoms with Crippen molar-refractivity contribution in [1.82, 2.24) is 24.8 Å². The van der Waals surface area contributed by atoms with Gasteiger partial charge in [-0.15, -0.1) is 0 Å². The molecule has 7 heteroatoms. The summed E-state index contributed by atoms with van der Waals surface area (Å²) in [6.45, 7) is 0. The summed E-state index contributed by atoms with van der Waals surface area (Å²) in [4.78, 5) is 24.7. The molecule has 2 aromatic rings. The molecule has 4 rings (SSSR count). The third-order valence-electron chi connectivity index (χ3n) is 4.64. The van der Waals surface area contributed by atoms with Crippen LogP contribution in [0.3, 0.4) is 0 Å². The minimum atomic E-state index is -0.152. The Kier molecular flexibility index (Phi) is 3.57. The van der Waals surface area contributed by atoms with Gasteiger partial charge in [0.15, 0.2) is 0 Å². The van der Waals surface area contributed by atoms with Gasteiger partial charge in [0, 0.05) is 31.4 Å². The summed E-state index contributed by atoms with van der Waals surface area (Å²) < 4.78 is 7.53. The second-order valence-electron chi connectivity index (χ2n) is 6.26. The van der Waals surface area contributed by atoms with Gasteiger partial charge in [0.25, 0.3) is 11.6 Å². The Morgan fingerprint density at radius 3 is 2.74 bits per heavy atom. The van der Waals surface area contributed by atoms with Crippen molar-refractivity contribution in [2.24, 2.45) is 7.05 Å². The highest BCUT2D eigenvalue weighted by Gasteiger charge is 2.35. The van der Waals surface area contributed by atoms with Crippen molar-refractivity contribution in [3.63, 3.8) is 0 Å². The number of piperidine rings is 1. The minimum absolute atomic E-state index is 0.104. The van der Waals surface area contributed by atoms with Gasteiger partial charge in [-0.05, 0) is 31.7 Å². The van der Waals surface area contributed by atoms with Crippen molar-refractivity contribution in [2.45, 2.75) is 43.9 Å². The Morgan fingerprint density at radius 1 is 1.26 bits per heavy atom. The van der Waals surface area contributed by atoms with Gasteiger partial charge in [-0.2, -0.15) is 4.98 Å². The second-order valence-corrected chi connectivity index (χ2v) is 6.26. The fourth-order valence-corrected chi connectivity index (χ4v) is 3.45. The van der Waals surface area contributed by atoms with E-state index in [-0.39, 0.29) is 11.7 Å². The SMILES string of the molecule is Cn1c(OC2CC3CCC(C2)N3)nc(-c2ccncn2)cc1=O. The van der Waals surface area contributed by atoms with Crippen molar-refractivity contribution in [3.05, 3.63) is 35.0 Å². The summed E-state index contributed by atoms with van der Waals surface area (Å²) in [6.07, 6.45) is 7.52. The molecule has 0 radical (unpaired) electrons. The largest absolute Gasteiger partial charge is 0.461 e. The second kappa shape index (κ2) is 5.73. The molecule has 120 valence electrons. The minimum Gasteiger partial charge on any atom is -0.461 e. The zero-order chi connectivity index (χ0) is 15.8. The number of hydrogen-bond donors (Lipinski definition) is 1. The van der Waals surface area contributed by atoms with Gasteiger partial charge in [0.05, 0.1) is 11.4 Å². The van der Waals surface area contributed by atoms with Crippen LogP contribution in [0.4, 0.5) is 0 Å². The first-order chi connectivity index (χ1) is 11.2. The number of nitrogens with one attached hydrogen (secondary N) is 1. The standard InChI is InChI=1S/C16H19N5O2/c1-21-15(22)8-14(13-4-5-17-9-18-13)20-16(21)23-12-6-10-2-3-11(7-12)19-10/h4-5,8-12,19H,2-3,6-7H2,1H3. The molecule has 0 spiro atoms. The van der Waals surface area contributed by atoms with E-state index in [1.165, 1.54) is 29.8 Å². The van der Waals surface area contributed by atoms with Crippen molar-refractivity contribution in [2.75, 3.05) is 0 Å². The first-order valence-corrected chi connectivity index (χ1v) is 7.96. The number of ether oxygens (including phenoxy) is 1. The van der Waals surface area contributed by atoms with Crippen molar-refractivity contribution in [1.29, 1.82) is 0 Å². The fraction of sp³-hybridized carbons (Fsp3) is 0.500. The lowest BCUT2D eigenvalue weighted by molar-refractivity contribution is 0.120. The van der Waals surface area contributed by atoms with E-state index >= 15 is 0 Å². The number of fused-ring (bicyclic) bond motifs is 2. The summed E-state index contributed by atoms with van der Waals surface area (Å²) in [5, 5.41) is 3.58. The molecular weight excluding hydrogens is 294 g/mol. The molecule has 4 heterocycles. The molecule has 0 amide bonds. The van der Waals surface area contributed by atoms with Crippen LogP contribution in [0.25, 0.3) is 11.4 Å². The van der Waals surface area contributed by atoms with Crippen LogP contribution in [0.5, 0.6) is 6.01 Å². The van der Waals surface area contributed by atoms with E-state index < -0.39 is 0 Å². The van der Waals surface area contributed by atoms with E-state index in [4.69, 9.17) is 4.74 Å². The van der Waals surface area contributed by atoms with Gasteiger partial charge in [0.2, 0.25) is 0 Å². The van der Waals surface area contributed by atoms with Crippen LogP contribution in [-0.2, 0) is 7.05 Å². The van der Waals surface area contributed by atoms with Crippen molar-refractivity contribution in [3.8, 4) is 17.4 Å². The van der Waals surface area contributed by atoms with Crippen molar-refractivity contribution >= 4 is 0 Å². The maximum absolute atomic E-state index is 12.2. The van der Waals surface area contributed by atoms with Gasteiger partial charge in [-0.25, -0.2) is 9.97 Å². The summed E-state index contributed by atoms with van der Waals surface area (Å²) in [5.74, 6) is 0. The molecule has 2 saturated heterocycles. The molecule has 2 bridgehead atoms. The first kappa shape index (κ1) is 14.3. The van der Waals surface area contributed by atoms with Crippen molar-refractivity contribution < 1.29 is 4.74 Å². The average molecular weight is 313 g/mol. The predicted octanol–water partition coefficient (Wildman–Crippen LogP) is 0.899. The summed E-state index contributed by atoms with van der Waals surface area (Å²) >= 11 is 0. The Labute approximate surface area is 133 Å². The average Bonchev–Trinajstić information content (AvgIpc) is 2.91. The van der Waals surface area contributed by atoms with Crippen LogP contribution in [0.1, 0.15) is 25.7 Å². The maximum atomic E-state index is 12.2. The Morgan fingerprint density at radius 2 is 2.04 bits per heavy atom. The molecule has 1 N–H and O–H groups in total. The van der Waals surface area contributed by atoms with E-state index in [9.17, 15) is 4.79 Å². The van der Waals surface area contributed by atoms with Gasteiger partial charge < -0.3 is 10.1 Å². The van der Waals surface area contributed by atoms with Crippen LogP contribution < -0.4 is 15.6 Å². The molecule has 0 aromatic carbocycles. The monoisotopic (exact) mass is 313 g/mol. The van der Waals surface area contributed by atoms with Gasteiger partial charge >= 0.3 is 0 Å². The number of rotatable bonds is 3.